The van der Waals surface area contributed by atoms with Crippen LogP contribution in [0.5, 0.6) is 5.75 Å². The zero-order valence-electron chi connectivity index (χ0n) is 13.1. The fraction of sp³-hybridized carbons (Fsp3) is 0.400. The largest absolute Gasteiger partial charge is 0.481 e. The number of rotatable bonds is 5. The van der Waals surface area contributed by atoms with E-state index in [-0.39, 0.29) is 0 Å². The van der Waals surface area contributed by atoms with E-state index in [0.717, 1.165) is 0 Å². The van der Waals surface area contributed by atoms with E-state index in [4.69, 9.17) is 4.74 Å². The molecule has 0 bridgehead atoms. The summed E-state index contributed by atoms with van der Waals surface area (Å²) < 4.78 is 18.2. The third-order valence-electron chi connectivity index (χ3n) is 3.69. The first kappa shape index (κ1) is 16.7. The van der Waals surface area contributed by atoms with Gasteiger partial charge in [-0.15, -0.1) is 0 Å². The van der Waals surface area contributed by atoms with Crippen molar-refractivity contribution < 1.29 is 23.5 Å². The van der Waals surface area contributed by atoms with Gasteiger partial charge in [0, 0.05) is 0 Å². The summed E-state index contributed by atoms with van der Waals surface area (Å²) in [5.74, 6) is -1.33. The maximum atomic E-state index is 12.8. The number of nitrogens with zero attached hydrogens (tertiary/aromatic N) is 1. The van der Waals surface area contributed by atoms with Crippen LogP contribution in [0, 0.1) is 5.82 Å². The zero-order valence-corrected chi connectivity index (χ0v) is 13.1. The Hall–Kier alpha value is -2.64. The normalized spacial score (nSPS) is 21.8. The number of hydrogen-bond acceptors (Lipinski definition) is 4. The quantitative estimate of drug-likeness (QED) is 0.801. The van der Waals surface area contributed by atoms with E-state index >= 15 is 0 Å². The van der Waals surface area contributed by atoms with E-state index in [0.29, 0.717) is 17.2 Å². The van der Waals surface area contributed by atoms with Gasteiger partial charge in [0.25, 0.3) is 11.8 Å². The number of halogens is 1. The summed E-state index contributed by atoms with van der Waals surface area (Å²) in [6, 6.07) is 4.46. The van der Waals surface area contributed by atoms with E-state index in [1.165, 1.54) is 31.2 Å². The van der Waals surface area contributed by atoms with Crippen LogP contribution >= 0.6 is 0 Å². The number of carbonyl (C=O) groups excluding carboxylic acids is 3. The molecule has 1 aliphatic rings. The van der Waals surface area contributed by atoms with E-state index < -0.39 is 35.3 Å². The maximum Gasteiger partial charge on any atom is 0.344 e. The Morgan fingerprint density at radius 3 is 2.52 bits per heavy atom. The van der Waals surface area contributed by atoms with E-state index in [2.05, 4.69) is 10.7 Å². The third-order valence-corrected chi connectivity index (χ3v) is 3.69. The third kappa shape index (κ3) is 3.41. The van der Waals surface area contributed by atoms with Crippen LogP contribution in [0.25, 0.3) is 0 Å². The molecule has 4 amide bonds. The molecular formula is C15H18FN3O4. The number of amides is 4. The molecule has 1 fully saturated rings. The molecule has 1 saturated heterocycles. The van der Waals surface area contributed by atoms with Crippen LogP contribution in [-0.4, -0.2) is 34.5 Å². The number of imide groups is 1. The van der Waals surface area contributed by atoms with Gasteiger partial charge in [0.1, 0.15) is 17.1 Å². The summed E-state index contributed by atoms with van der Waals surface area (Å²) in [7, 11) is 0. The van der Waals surface area contributed by atoms with Crippen LogP contribution in [0.3, 0.4) is 0 Å². The summed E-state index contributed by atoms with van der Waals surface area (Å²) >= 11 is 0. The van der Waals surface area contributed by atoms with Gasteiger partial charge in [-0.2, -0.15) is 5.01 Å². The molecule has 1 heterocycles. The van der Waals surface area contributed by atoms with Crippen molar-refractivity contribution in [3.05, 3.63) is 30.1 Å². The fourth-order valence-corrected chi connectivity index (χ4v) is 2.00. The van der Waals surface area contributed by atoms with Crippen LogP contribution in [0.15, 0.2) is 24.3 Å². The molecule has 1 aliphatic heterocycles. The highest BCUT2D eigenvalue weighted by Crippen LogP contribution is 2.19. The average Bonchev–Trinajstić information content (AvgIpc) is 2.73. The minimum atomic E-state index is -1.04. The highest BCUT2D eigenvalue weighted by Gasteiger charge is 2.47. The van der Waals surface area contributed by atoms with Gasteiger partial charge < -0.3 is 10.1 Å². The number of carbonyl (C=O) groups is 3. The molecule has 8 heteroatoms. The SMILES string of the molecule is CC[C@@]1(C)NC(=O)N(NC(=O)[C@H](C)Oc2ccc(F)cc2)C1=O. The van der Waals surface area contributed by atoms with Gasteiger partial charge in [-0.05, 0) is 44.5 Å². The van der Waals surface area contributed by atoms with Crippen molar-refractivity contribution in [2.45, 2.75) is 38.8 Å². The summed E-state index contributed by atoms with van der Waals surface area (Å²) in [5.41, 5.74) is 1.20. The molecule has 0 spiro atoms. The molecule has 2 rings (SSSR count). The van der Waals surface area contributed by atoms with Crippen molar-refractivity contribution >= 4 is 17.8 Å². The first-order valence-electron chi connectivity index (χ1n) is 7.16. The average molecular weight is 323 g/mol. The van der Waals surface area contributed by atoms with Gasteiger partial charge in [-0.3, -0.25) is 15.0 Å². The minimum absolute atomic E-state index is 0.296. The molecule has 0 aliphatic carbocycles. The first-order chi connectivity index (χ1) is 10.8. The summed E-state index contributed by atoms with van der Waals surface area (Å²) in [4.78, 5) is 36.1. The topological polar surface area (TPSA) is 87.7 Å². The zero-order chi connectivity index (χ0) is 17.2. The molecule has 1 aromatic carbocycles. The van der Waals surface area contributed by atoms with Crippen molar-refractivity contribution in [1.82, 2.24) is 15.8 Å². The lowest BCUT2D eigenvalue weighted by atomic mass is 10.00. The van der Waals surface area contributed by atoms with Crippen LogP contribution in [0.2, 0.25) is 0 Å². The molecule has 0 unspecified atom stereocenters. The van der Waals surface area contributed by atoms with Crippen LogP contribution in [-0.2, 0) is 9.59 Å². The van der Waals surface area contributed by atoms with Gasteiger partial charge in [-0.1, -0.05) is 6.92 Å². The second kappa shape index (κ2) is 6.23. The summed E-state index contributed by atoms with van der Waals surface area (Å²) in [6.45, 7) is 4.79. The molecule has 2 N–H and O–H groups in total. The molecule has 0 aromatic heterocycles. The summed E-state index contributed by atoms with van der Waals surface area (Å²) in [6.07, 6.45) is -0.583. The van der Waals surface area contributed by atoms with Gasteiger partial charge in [0.05, 0.1) is 0 Å². The standard InChI is InChI=1S/C15H18FN3O4/c1-4-15(3)13(21)19(14(22)17-15)18-12(20)9(2)23-11-7-5-10(16)6-8-11/h5-9H,4H2,1-3H3,(H,17,22)(H,18,20)/t9-,15+/m0/s1. The molecule has 0 saturated carbocycles. The number of hydrogen-bond donors (Lipinski definition) is 2. The Morgan fingerprint density at radius 1 is 1.39 bits per heavy atom. The molecule has 23 heavy (non-hydrogen) atoms. The Morgan fingerprint density at radius 2 is 2.00 bits per heavy atom. The van der Waals surface area contributed by atoms with Crippen molar-refractivity contribution in [2.75, 3.05) is 0 Å². The Bertz CT molecular complexity index is 634. The molecule has 2 atom stereocenters. The number of benzene rings is 1. The van der Waals surface area contributed by atoms with Crippen molar-refractivity contribution in [2.24, 2.45) is 0 Å². The van der Waals surface area contributed by atoms with E-state index in [1.807, 2.05) is 0 Å². The molecule has 124 valence electrons. The van der Waals surface area contributed by atoms with Crippen LogP contribution in [0.4, 0.5) is 9.18 Å². The Balaban J connectivity index is 2.00. The molecule has 1 aromatic rings. The molecule has 0 radical (unpaired) electrons. The molecule has 7 nitrogen and oxygen atoms in total. The van der Waals surface area contributed by atoms with E-state index in [9.17, 15) is 18.8 Å². The van der Waals surface area contributed by atoms with Gasteiger partial charge >= 0.3 is 6.03 Å². The first-order valence-corrected chi connectivity index (χ1v) is 7.16. The highest BCUT2D eigenvalue weighted by atomic mass is 19.1. The predicted octanol–water partition coefficient (Wildman–Crippen LogP) is 1.34. The second-order valence-corrected chi connectivity index (χ2v) is 5.45. The number of ether oxygens (including phenoxy) is 1. The minimum Gasteiger partial charge on any atom is -0.481 e. The fourth-order valence-electron chi connectivity index (χ4n) is 2.00. The number of nitrogens with one attached hydrogen (secondary N) is 2. The Kier molecular flexibility index (Phi) is 4.53. The summed E-state index contributed by atoms with van der Waals surface area (Å²) in [5, 5.41) is 3.17. The van der Waals surface area contributed by atoms with Crippen molar-refractivity contribution in [3.63, 3.8) is 0 Å². The molecular weight excluding hydrogens is 305 g/mol. The lowest BCUT2D eigenvalue weighted by Crippen LogP contribution is -2.51. The highest BCUT2D eigenvalue weighted by molar-refractivity contribution is 6.07. The van der Waals surface area contributed by atoms with Crippen LogP contribution in [0.1, 0.15) is 27.2 Å². The predicted molar refractivity (Wildman–Crippen MR) is 78.7 cm³/mol. The Labute approximate surface area is 132 Å². The maximum absolute atomic E-state index is 12.8. The smallest absolute Gasteiger partial charge is 0.344 e. The van der Waals surface area contributed by atoms with Crippen molar-refractivity contribution in [1.29, 1.82) is 0 Å². The van der Waals surface area contributed by atoms with Gasteiger partial charge in [0.2, 0.25) is 0 Å². The van der Waals surface area contributed by atoms with E-state index in [1.54, 1.807) is 13.8 Å². The lowest BCUT2D eigenvalue weighted by molar-refractivity contribution is -0.141. The van der Waals surface area contributed by atoms with Gasteiger partial charge in [0.15, 0.2) is 6.10 Å². The number of hydrazine groups is 1. The van der Waals surface area contributed by atoms with Crippen molar-refractivity contribution in [3.8, 4) is 5.75 Å². The lowest BCUT2D eigenvalue weighted by Gasteiger charge is -2.21. The van der Waals surface area contributed by atoms with Crippen LogP contribution < -0.4 is 15.5 Å². The second-order valence-electron chi connectivity index (χ2n) is 5.45. The monoisotopic (exact) mass is 323 g/mol. The number of urea groups is 1. The van der Waals surface area contributed by atoms with Gasteiger partial charge in [-0.25, -0.2) is 9.18 Å².